The molecular formula is C58H76Cl3F3N10O7. The van der Waals surface area contributed by atoms with Gasteiger partial charge in [-0.15, -0.1) is 37.2 Å². The molecule has 4 aromatic carbocycles. The van der Waals surface area contributed by atoms with E-state index < -0.39 is 70.9 Å². The molecule has 7 N–H and O–H groups in total. The molecule has 0 aromatic heterocycles. The zero-order valence-corrected chi connectivity index (χ0v) is 48.8. The molecule has 5 aliphatic heterocycles. The van der Waals surface area contributed by atoms with E-state index in [1.54, 1.807) is 49.2 Å². The van der Waals surface area contributed by atoms with E-state index in [1.807, 2.05) is 25.1 Å². The third kappa shape index (κ3) is 14.5. The molecule has 5 heterocycles. The van der Waals surface area contributed by atoms with Gasteiger partial charge in [0.25, 0.3) is 5.91 Å². The number of para-hydroxylation sites is 1. The largest absolute Gasteiger partial charge is 0.381 e. The lowest BCUT2D eigenvalue weighted by atomic mass is 9.78. The number of morpholine rings is 1. The van der Waals surface area contributed by atoms with E-state index in [4.69, 9.17) is 15.2 Å². The van der Waals surface area contributed by atoms with Crippen LogP contribution in [0, 0.1) is 29.3 Å². The second-order valence-electron chi connectivity index (χ2n) is 22.0. The van der Waals surface area contributed by atoms with E-state index in [9.17, 15) is 37.1 Å². The number of nitrogens with two attached hydrogens (primary N) is 1. The van der Waals surface area contributed by atoms with Crippen LogP contribution in [0.25, 0.3) is 0 Å². The minimum atomic E-state index is -1.31. The first kappa shape index (κ1) is 64.8. The first-order valence-electron chi connectivity index (χ1n) is 27.2. The summed E-state index contributed by atoms with van der Waals surface area (Å²) in [5.41, 5.74) is 9.10. The van der Waals surface area contributed by atoms with Crippen LogP contribution >= 0.6 is 37.2 Å². The van der Waals surface area contributed by atoms with Gasteiger partial charge in [-0.1, -0.05) is 36.4 Å². The van der Waals surface area contributed by atoms with Crippen LogP contribution in [-0.2, 0) is 51.8 Å². The molecule has 442 valence electrons. The molecule has 0 radical (unpaired) electrons. The fourth-order valence-electron chi connectivity index (χ4n) is 11.9. The molecule has 0 saturated carbocycles. The molecule has 1 unspecified atom stereocenters. The van der Waals surface area contributed by atoms with Crippen LogP contribution < -0.4 is 37.2 Å². The van der Waals surface area contributed by atoms with Crippen molar-refractivity contribution in [3.63, 3.8) is 0 Å². The normalized spacial score (nSPS) is 23.1. The highest BCUT2D eigenvalue weighted by Gasteiger charge is 2.49. The van der Waals surface area contributed by atoms with Gasteiger partial charge in [-0.3, -0.25) is 33.8 Å². The number of carbonyl (C=O) groups excluding carboxylic acids is 5. The molecule has 9 rings (SSSR count). The molecule has 5 aliphatic rings. The summed E-state index contributed by atoms with van der Waals surface area (Å²) in [6, 6.07) is 18.2. The van der Waals surface area contributed by atoms with Crippen LogP contribution in [-0.4, -0.2) is 154 Å². The Hall–Kier alpha value is -5.39. The van der Waals surface area contributed by atoms with Crippen LogP contribution in [0.3, 0.4) is 0 Å². The molecule has 23 heteroatoms. The number of hydrogen-bond acceptors (Lipinski definition) is 12. The summed E-state index contributed by atoms with van der Waals surface area (Å²) in [6.07, 6.45) is 1.60. The van der Waals surface area contributed by atoms with Gasteiger partial charge >= 0.3 is 0 Å². The van der Waals surface area contributed by atoms with Crippen molar-refractivity contribution in [2.24, 2.45) is 17.6 Å². The van der Waals surface area contributed by atoms with Crippen LogP contribution in [0.15, 0.2) is 78.9 Å². The van der Waals surface area contributed by atoms with Crippen molar-refractivity contribution in [1.29, 1.82) is 0 Å². The molecule has 4 aromatic rings. The van der Waals surface area contributed by atoms with Gasteiger partial charge in [0, 0.05) is 94.1 Å². The van der Waals surface area contributed by atoms with Gasteiger partial charge in [-0.05, 0) is 130 Å². The molecule has 81 heavy (non-hydrogen) atoms. The fraction of sp³-hybridized carbons (Fsp3) is 0.500. The van der Waals surface area contributed by atoms with Crippen LogP contribution in [0.5, 0.6) is 0 Å². The van der Waals surface area contributed by atoms with Crippen LogP contribution in [0.2, 0.25) is 0 Å². The number of hydrogen-bond donors (Lipinski definition) is 6. The molecule has 3 fully saturated rings. The second-order valence-corrected chi connectivity index (χ2v) is 22.0. The summed E-state index contributed by atoms with van der Waals surface area (Å²) in [6.45, 7) is 12.6. The number of fused-ring (bicyclic) bond motifs is 2. The highest BCUT2D eigenvalue weighted by molar-refractivity contribution is 6.04. The second kappa shape index (κ2) is 28.3. The number of carbonyl (C=O) groups is 5. The predicted molar refractivity (Wildman–Crippen MR) is 312 cm³/mol. The van der Waals surface area contributed by atoms with E-state index in [-0.39, 0.29) is 98.7 Å². The monoisotopic (exact) mass is 1190 g/mol. The van der Waals surface area contributed by atoms with Gasteiger partial charge in [0.05, 0.1) is 37.6 Å². The summed E-state index contributed by atoms with van der Waals surface area (Å²) >= 11 is 0. The summed E-state index contributed by atoms with van der Waals surface area (Å²) in [5, 5.41) is 14.8. The zero-order chi connectivity index (χ0) is 55.4. The average molecular weight is 1190 g/mol. The van der Waals surface area contributed by atoms with Gasteiger partial charge in [-0.2, -0.15) is 0 Å². The van der Waals surface area contributed by atoms with Crippen LogP contribution in [0.1, 0.15) is 74.4 Å². The predicted octanol–water partition coefficient (Wildman–Crippen LogP) is 5.70. The van der Waals surface area contributed by atoms with Crippen molar-refractivity contribution >= 4 is 83.8 Å². The molecule has 0 spiro atoms. The zero-order valence-electron chi connectivity index (χ0n) is 46.3. The lowest BCUT2D eigenvalue weighted by Gasteiger charge is -2.43. The maximum atomic E-state index is 15.0. The molecule has 0 bridgehead atoms. The van der Waals surface area contributed by atoms with Crippen molar-refractivity contribution in [2.75, 3.05) is 94.8 Å². The Morgan fingerprint density at radius 3 is 2.26 bits per heavy atom. The Kier molecular flexibility index (Phi) is 22.6. The van der Waals surface area contributed by atoms with E-state index in [2.05, 4.69) is 50.2 Å². The van der Waals surface area contributed by atoms with E-state index in [0.29, 0.717) is 86.8 Å². The van der Waals surface area contributed by atoms with Gasteiger partial charge in [0.1, 0.15) is 29.2 Å². The highest BCUT2D eigenvalue weighted by atomic mass is 35.5. The number of nitrogens with one attached hydrogen (secondary N) is 5. The molecule has 17 nitrogen and oxygen atoms in total. The Bertz CT molecular complexity index is 2850. The number of likely N-dealkylation sites (N-methyl/N-ethyl adjacent to an activating group) is 1. The first-order valence-corrected chi connectivity index (χ1v) is 27.2. The number of halogens is 6. The quantitative estimate of drug-likeness (QED) is 0.0755. The van der Waals surface area contributed by atoms with Gasteiger partial charge in [0.2, 0.25) is 23.6 Å². The number of ether oxygens (including phenoxy) is 2. The van der Waals surface area contributed by atoms with Gasteiger partial charge in [0.15, 0.2) is 0 Å². The summed E-state index contributed by atoms with van der Waals surface area (Å²) in [5.74, 6) is -5.65. The topological polar surface area (TPSA) is 203 Å². The molecule has 3 saturated heterocycles. The number of benzene rings is 4. The highest BCUT2D eigenvalue weighted by Crippen LogP contribution is 2.43. The van der Waals surface area contributed by atoms with Gasteiger partial charge < -0.3 is 51.6 Å². The third-order valence-electron chi connectivity index (χ3n) is 16.6. The van der Waals surface area contributed by atoms with Crippen molar-refractivity contribution in [2.45, 2.75) is 95.2 Å². The lowest BCUT2D eigenvalue weighted by Crippen LogP contribution is -2.62. The van der Waals surface area contributed by atoms with Crippen molar-refractivity contribution in [3.8, 4) is 0 Å². The average Bonchev–Trinajstić information content (AvgIpc) is 3.99. The van der Waals surface area contributed by atoms with Crippen molar-refractivity contribution in [3.05, 3.63) is 124 Å². The standard InChI is InChI=1S/C58H73F3N10O7.3ClH/c1-34-28-69(43(26-64-34)30-68-19-22-78-32-35(68)2)31-50(73)71-33-58(4,45-16-11-38(24-48(45)71)23-37-9-12-41(59)13-10-37)57(76)65-27-49(72)66-42-14-15-44-40(25-42)29-70(54(44)55(74)67-53-46(60)7-6-8-47(53)61)56(75)51(52(62)36(3)63-5)39-17-20-77-21-18-39;;;/h6-16,24-25,34-36,39,43,51-52,54,63-64H,17-23,26-33,62H2,1-5H3,(H,65,76)(H,66,72)(H,67,74);3*1H/t34-,35-,36+,43-,51+,52?,54+,58-;;;/m1.../s1. The Balaban J connectivity index is 0.00000352. The molecule has 5 amide bonds. The van der Waals surface area contributed by atoms with Crippen LogP contribution in [0.4, 0.5) is 30.2 Å². The van der Waals surface area contributed by atoms with E-state index in [1.165, 1.54) is 23.1 Å². The third-order valence-corrected chi connectivity index (χ3v) is 16.6. The SMILES string of the molecule is CN[C@@H](C)C(N)[C@@H](C(=O)N1Cc2cc(NC(=O)CNC(=O)[C@]3(C)CN(C(=O)CN4C[C@@H](C)NC[C@@H]4CN4CCOC[C@H]4C)c4cc(Cc5ccc(F)cc5)ccc43)ccc2[C@H]1C(=O)Nc1c(F)cccc1F)C1CCOCC1.Cl.Cl.Cl. The minimum Gasteiger partial charge on any atom is -0.381 e. The minimum absolute atomic E-state index is 0. The Morgan fingerprint density at radius 2 is 1.57 bits per heavy atom. The van der Waals surface area contributed by atoms with E-state index >= 15 is 0 Å². The number of nitrogens with zero attached hydrogens (tertiary/aromatic N) is 4. The molecular weight excluding hydrogens is 1110 g/mol. The molecule has 8 atom stereocenters. The number of piperazine rings is 1. The number of rotatable bonds is 17. The Morgan fingerprint density at radius 1 is 0.864 bits per heavy atom. The maximum Gasteiger partial charge on any atom is 0.252 e. The van der Waals surface area contributed by atoms with Crippen molar-refractivity contribution < 1.29 is 46.6 Å². The van der Waals surface area contributed by atoms with Gasteiger partial charge in [-0.25, -0.2) is 13.2 Å². The first-order chi connectivity index (χ1) is 37.4. The number of amides is 5. The summed E-state index contributed by atoms with van der Waals surface area (Å²) < 4.78 is 55.1. The molecule has 0 aliphatic carbocycles. The van der Waals surface area contributed by atoms with Crippen molar-refractivity contribution in [1.82, 2.24) is 30.7 Å². The fourth-order valence-corrected chi connectivity index (χ4v) is 11.9. The number of anilines is 3. The summed E-state index contributed by atoms with van der Waals surface area (Å²) in [7, 11) is 1.75. The Labute approximate surface area is 490 Å². The lowest BCUT2D eigenvalue weighted by molar-refractivity contribution is -0.146. The summed E-state index contributed by atoms with van der Waals surface area (Å²) in [4.78, 5) is 80.1. The maximum absolute atomic E-state index is 15.0. The van der Waals surface area contributed by atoms with E-state index in [0.717, 1.165) is 36.3 Å². The smallest absolute Gasteiger partial charge is 0.252 e.